The van der Waals surface area contributed by atoms with E-state index in [-0.39, 0.29) is 17.9 Å². The number of rotatable bonds is 11. The molecular weight excluding hydrogens is 576 g/mol. The number of fused-ring (bicyclic) bond motifs is 1. The Hall–Kier alpha value is -4.34. The van der Waals surface area contributed by atoms with Gasteiger partial charge in [-0.3, -0.25) is 14.5 Å². The fourth-order valence-electron chi connectivity index (χ4n) is 4.65. The predicted octanol–water partition coefficient (Wildman–Crippen LogP) is 7.33. The Morgan fingerprint density at radius 2 is 1.83 bits per heavy atom. The molecule has 1 atom stereocenters. The zero-order chi connectivity index (χ0) is 29.8. The second kappa shape index (κ2) is 12.7. The van der Waals surface area contributed by atoms with Crippen LogP contribution in [0.5, 0.6) is 17.2 Å². The minimum atomic E-state index is -0.996. The second-order valence-corrected chi connectivity index (χ2v) is 10.8. The maximum Gasteiger partial charge on any atom is 0.301 e. The van der Waals surface area contributed by atoms with Crippen LogP contribution in [-0.2, 0) is 9.59 Å². The lowest BCUT2D eigenvalue weighted by Gasteiger charge is -2.24. The van der Waals surface area contributed by atoms with Crippen molar-refractivity contribution >= 4 is 55.7 Å². The number of aliphatic hydroxyl groups excluding tert-OH is 1. The van der Waals surface area contributed by atoms with E-state index < -0.39 is 17.7 Å². The Labute approximate surface area is 252 Å². The van der Waals surface area contributed by atoms with Gasteiger partial charge in [-0.2, -0.15) is 0 Å². The molecule has 1 amide bonds. The van der Waals surface area contributed by atoms with Gasteiger partial charge in [0.2, 0.25) is 0 Å². The summed E-state index contributed by atoms with van der Waals surface area (Å²) in [4.78, 5) is 33.3. The fraction of sp³-hybridized carbons (Fsp3) is 0.219. The molecule has 216 valence electrons. The maximum atomic E-state index is 13.7. The number of hydrogen-bond donors (Lipinski definition) is 1. The molecule has 1 aliphatic heterocycles. The van der Waals surface area contributed by atoms with E-state index in [2.05, 4.69) is 11.6 Å². The number of benzene rings is 3. The summed E-state index contributed by atoms with van der Waals surface area (Å²) in [5, 5.41) is 12.4. The van der Waals surface area contributed by atoms with Crippen LogP contribution in [0.15, 0.2) is 78.9 Å². The number of carbonyl (C=O) groups excluding carboxylic acids is 2. The van der Waals surface area contributed by atoms with Gasteiger partial charge in [-0.05, 0) is 73.5 Å². The number of ketones is 1. The van der Waals surface area contributed by atoms with Crippen LogP contribution < -0.4 is 19.1 Å². The van der Waals surface area contributed by atoms with Gasteiger partial charge in [-0.25, -0.2) is 4.98 Å². The summed E-state index contributed by atoms with van der Waals surface area (Å²) in [6, 6.07) is 16.1. The molecule has 1 fully saturated rings. The van der Waals surface area contributed by atoms with Crippen molar-refractivity contribution in [1.82, 2.24) is 4.98 Å². The summed E-state index contributed by atoms with van der Waals surface area (Å²) in [6.45, 7) is 8.72. The van der Waals surface area contributed by atoms with Gasteiger partial charge in [0.05, 0.1) is 35.0 Å². The smallest absolute Gasteiger partial charge is 0.301 e. The Kier molecular flexibility index (Phi) is 8.80. The molecule has 0 bridgehead atoms. The lowest BCUT2D eigenvalue weighted by Crippen LogP contribution is -2.29. The number of aromatic nitrogens is 1. The fourth-order valence-corrected chi connectivity index (χ4v) is 5.92. The molecule has 1 unspecified atom stereocenters. The summed E-state index contributed by atoms with van der Waals surface area (Å²) >= 11 is 7.43. The first kappa shape index (κ1) is 29.2. The number of carbonyl (C=O) groups is 2. The largest absolute Gasteiger partial charge is 0.507 e. The summed E-state index contributed by atoms with van der Waals surface area (Å²) in [5.41, 5.74) is 1.46. The van der Waals surface area contributed by atoms with Crippen molar-refractivity contribution in [3.63, 3.8) is 0 Å². The van der Waals surface area contributed by atoms with Gasteiger partial charge in [0, 0.05) is 10.6 Å². The van der Waals surface area contributed by atoms with Crippen LogP contribution in [0.3, 0.4) is 0 Å². The molecule has 0 saturated carbocycles. The Morgan fingerprint density at radius 1 is 1.05 bits per heavy atom. The molecular formula is C32H29ClN2O6S. The molecule has 1 aromatic heterocycles. The minimum Gasteiger partial charge on any atom is -0.507 e. The highest BCUT2D eigenvalue weighted by molar-refractivity contribution is 7.22. The van der Waals surface area contributed by atoms with E-state index in [4.69, 9.17) is 25.8 Å². The van der Waals surface area contributed by atoms with E-state index in [1.807, 2.05) is 13.8 Å². The van der Waals surface area contributed by atoms with Gasteiger partial charge in [0.15, 0.2) is 16.6 Å². The average Bonchev–Trinajstić information content (AvgIpc) is 3.52. The predicted molar refractivity (Wildman–Crippen MR) is 165 cm³/mol. The highest BCUT2D eigenvalue weighted by Crippen LogP contribution is 2.46. The second-order valence-electron chi connectivity index (χ2n) is 9.39. The van der Waals surface area contributed by atoms with Crippen LogP contribution in [0.4, 0.5) is 5.13 Å². The first-order valence-corrected chi connectivity index (χ1v) is 14.7. The first-order valence-electron chi connectivity index (χ1n) is 13.5. The first-order chi connectivity index (χ1) is 20.4. The molecule has 3 aromatic carbocycles. The van der Waals surface area contributed by atoms with Crippen molar-refractivity contribution in [2.75, 3.05) is 24.7 Å². The topological polar surface area (TPSA) is 98.2 Å². The Morgan fingerprint density at radius 3 is 2.55 bits per heavy atom. The number of anilines is 1. The summed E-state index contributed by atoms with van der Waals surface area (Å²) in [6.07, 6.45) is 2.47. The van der Waals surface area contributed by atoms with Crippen LogP contribution in [0.25, 0.3) is 16.0 Å². The van der Waals surface area contributed by atoms with E-state index in [0.717, 1.165) is 11.1 Å². The third-order valence-corrected chi connectivity index (χ3v) is 7.78. The van der Waals surface area contributed by atoms with E-state index in [9.17, 15) is 14.7 Å². The normalized spacial score (nSPS) is 16.2. The molecule has 1 N–H and O–H groups in total. The van der Waals surface area contributed by atoms with E-state index in [0.29, 0.717) is 57.3 Å². The molecule has 0 spiro atoms. The summed E-state index contributed by atoms with van der Waals surface area (Å²) in [5.74, 6) is -0.400. The molecule has 42 heavy (non-hydrogen) atoms. The van der Waals surface area contributed by atoms with Gasteiger partial charge in [-0.15, -0.1) is 0 Å². The lowest BCUT2D eigenvalue weighted by atomic mass is 9.95. The maximum absolute atomic E-state index is 13.7. The monoisotopic (exact) mass is 604 g/mol. The molecule has 1 aliphatic rings. The van der Waals surface area contributed by atoms with Gasteiger partial charge in [0.1, 0.15) is 18.1 Å². The number of halogens is 1. The van der Waals surface area contributed by atoms with Crippen molar-refractivity contribution in [2.45, 2.75) is 26.3 Å². The van der Waals surface area contributed by atoms with Crippen LogP contribution in [-0.4, -0.2) is 41.6 Å². The van der Waals surface area contributed by atoms with Crippen LogP contribution in [0, 0.1) is 0 Å². The molecule has 5 rings (SSSR count). The van der Waals surface area contributed by atoms with Crippen molar-refractivity contribution in [3.8, 4) is 17.2 Å². The van der Waals surface area contributed by atoms with Crippen molar-refractivity contribution < 1.29 is 28.9 Å². The van der Waals surface area contributed by atoms with E-state index >= 15 is 0 Å². The summed E-state index contributed by atoms with van der Waals surface area (Å²) < 4.78 is 18.0. The SMILES string of the molecule is C=CCOc1ccc(C2/C(=C(\O)c3ccc(OCCC)cc3)C(=O)C(=O)N2c2nc3ccc(Cl)cc3s2)cc1OCC. The van der Waals surface area contributed by atoms with Crippen molar-refractivity contribution in [1.29, 1.82) is 0 Å². The molecule has 0 aliphatic carbocycles. The minimum absolute atomic E-state index is 0.0678. The van der Waals surface area contributed by atoms with Crippen LogP contribution >= 0.6 is 22.9 Å². The number of nitrogens with zero attached hydrogens (tertiary/aromatic N) is 2. The Bertz CT molecular complexity index is 1680. The van der Waals surface area contributed by atoms with E-state index in [1.165, 1.54) is 16.2 Å². The molecule has 10 heteroatoms. The van der Waals surface area contributed by atoms with Gasteiger partial charge < -0.3 is 19.3 Å². The molecule has 4 aromatic rings. The van der Waals surface area contributed by atoms with Gasteiger partial charge >= 0.3 is 5.91 Å². The lowest BCUT2D eigenvalue weighted by molar-refractivity contribution is -0.132. The zero-order valence-corrected chi connectivity index (χ0v) is 24.7. The molecule has 0 radical (unpaired) electrons. The number of thiazole rings is 1. The summed E-state index contributed by atoms with van der Waals surface area (Å²) in [7, 11) is 0. The van der Waals surface area contributed by atoms with Crippen molar-refractivity contribution in [3.05, 3.63) is 95.0 Å². The standard InChI is InChI=1S/C32H29ClN2O6S/c1-4-15-40-22-11-7-19(8-12-22)29(36)27-28(20-9-14-24(41-16-5-2)25(17-20)39-6-3)35(31(38)30(27)37)32-34-23-13-10-21(33)18-26(23)42-32/h5,7-14,17-18,28,36H,2,4,6,15-16H2,1,3H3/b29-27+. The number of hydrogen-bond acceptors (Lipinski definition) is 8. The highest BCUT2D eigenvalue weighted by atomic mass is 35.5. The van der Waals surface area contributed by atoms with Gasteiger partial charge in [-0.1, -0.05) is 48.6 Å². The Balaban J connectivity index is 1.67. The van der Waals surface area contributed by atoms with Gasteiger partial charge in [0.25, 0.3) is 5.78 Å². The third kappa shape index (κ3) is 5.70. The number of Topliss-reactive ketones (excluding diaryl/α,β-unsaturated/α-hetero) is 1. The average molecular weight is 605 g/mol. The van der Waals surface area contributed by atoms with Crippen molar-refractivity contribution in [2.24, 2.45) is 0 Å². The number of ether oxygens (including phenoxy) is 3. The number of aliphatic hydroxyl groups is 1. The third-order valence-electron chi connectivity index (χ3n) is 6.53. The molecule has 8 nitrogen and oxygen atoms in total. The quantitative estimate of drug-likeness (QED) is 0.0828. The zero-order valence-electron chi connectivity index (χ0n) is 23.1. The van der Waals surface area contributed by atoms with Crippen LogP contribution in [0.1, 0.15) is 37.4 Å². The van der Waals surface area contributed by atoms with E-state index in [1.54, 1.807) is 66.7 Å². The number of amides is 1. The molecule has 1 saturated heterocycles. The van der Waals surface area contributed by atoms with Crippen LogP contribution in [0.2, 0.25) is 5.02 Å². The molecule has 2 heterocycles. The highest BCUT2D eigenvalue weighted by Gasteiger charge is 2.48.